The highest BCUT2D eigenvalue weighted by molar-refractivity contribution is 7.99. The molecule has 108 valence electrons. The summed E-state index contributed by atoms with van der Waals surface area (Å²) in [5.41, 5.74) is -0.308. The number of H-pyrrole nitrogens is 1. The van der Waals surface area contributed by atoms with Crippen molar-refractivity contribution in [3.63, 3.8) is 0 Å². The lowest BCUT2D eigenvalue weighted by Crippen LogP contribution is -2.13. The van der Waals surface area contributed by atoms with Crippen LogP contribution in [0.25, 0.3) is 5.95 Å². The predicted molar refractivity (Wildman–Crippen MR) is 72.2 cm³/mol. The molecule has 0 aliphatic rings. The summed E-state index contributed by atoms with van der Waals surface area (Å²) in [6.07, 6.45) is 2.86. The Kier molecular flexibility index (Phi) is 3.35. The Hall–Kier alpha value is -2.76. The van der Waals surface area contributed by atoms with Gasteiger partial charge in [-0.3, -0.25) is 4.57 Å². The largest absolute Gasteiger partial charge is 0.357 e. The van der Waals surface area contributed by atoms with Crippen molar-refractivity contribution in [2.45, 2.75) is 10.3 Å². The van der Waals surface area contributed by atoms with Crippen LogP contribution in [0, 0.1) is 0 Å². The Bertz CT molecular complexity index is 806. The van der Waals surface area contributed by atoms with Gasteiger partial charge in [-0.2, -0.15) is 24.7 Å². The van der Waals surface area contributed by atoms with Crippen molar-refractivity contribution in [2.24, 2.45) is 7.05 Å². The SMILES string of the molecule is CNc1nc(Sc2n[nH]c(=O)n2C)nc(-n2cncn2)n1. The van der Waals surface area contributed by atoms with E-state index in [0.29, 0.717) is 22.2 Å². The Balaban J connectivity index is 2.00. The van der Waals surface area contributed by atoms with Gasteiger partial charge in [-0.25, -0.2) is 14.9 Å². The van der Waals surface area contributed by atoms with Crippen molar-refractivity contribution in [2.75, 3.05) is 12.4 Å². The van der Waals surface area contributed by atoms with Gasteiger partial charge in [0, 0.05) is 14.1 Å². The number of aromatic amines is 1. The molecule has 0 amide bonds. The van der Waals surface area contributed by atoms with Gasteiger partial charge in [0.2, 0.25) is 11.1 Å². The molecular weight excluding hydrogens is 296 g/mol. The quantitative estimate of drug-likeness (QED) is 0.627. The van der Waals surface area contributed by atoms with E-state index in [1.807, 2.05) is 0 Å². The van der Waals surface area contributed by atoms with Gasteiger partial charge in [0.05, 0.1) is 0 Å². The summed E-state index contributed by atoms with van der Waals surface area (Å²) in [5.74, 6) is 0.688. The Morgan fingerprint density at radius 2 is 2.19 bits per heavy atom. The van der Waals surface area contributed by atoms with E-state index in [1.54, 1.807) is 14.1 Å². The lowest BCUT2D eigenvalue weighted by molar-refractivity contribution is 0.745. The Labute approximate surface area is 121 Å². The van der Waals surface area contributed by atoms with E-state index in [1.165, 1.54) is 21.9 Å². The van der Waals surface area contributed by atoms with Gasteiger partial charge >= 0.3 is 5.69 Å². The lowest BCUT2D eigenvalue weighted by Gasteiger charge is -2.05. The number of aromatic nitrogens is 9. The van der Waals surface area contributed by atoms with Crippen LogP contribution in [0.4, 0.5) is 5.95 Å². The molecule has 0 atom stereocenters. The average Bonchev–Trinajstić information content (AvgIpc) is 3.13. The zero-order chi connectivity index (χ0) is 14.8. The number of nitrogens with one attached hydrogen (secondary N) is 2. The third-order valence-corrected chi connectivity index (χ3v) is 3.38. The van der Waals surface area contributed by atoms with E-state index >= 15 is 0 Å². The van der Waals surface area contributed by atoms with Crippen LogP contribution < -0.4 is 11.0 Å². The first-order valence-corrected chi connectivity index (χ1v) is 6.57. The lowest BCUT2D eigenvalue weighted by atomic mass is 10.8. The summed E-state index contributed by atoms with van der Waals surface area (Å²) in [5, 5.41) is 13.9. The highest BCUT2D eigenvalue weighted by Gasteiger charge is 2.13. The van der Waals surface area contributed by atoms with Crippen molar-refractivity contribution < 1.29 is 0 Å². The Morgan fingerprint density at radius 1 is 1.33 bits per heavy atom. The second-order valence-corrected chi connectivity index (χ2v) is 4.74. The molecule has 12 heteroatoms. The molecule has 0 aliphatic carbocycles. The van der Waals surface area contributed by atoms with Crippen molar-refractivity contribution in [3.05, 3.63) is 23.1 Å². The third-order valence-electron chi connectivity index (χ3n) is 2.47. The van der Waals surface area contributed by atoms with Gasteiger partial charge in [0.15, 0.2) is 5.16 Å². The molecule has 11 nitrogen and oxygen atoms in total. The number of rotatable bonds is 4. The van der Waals surface area contributed by atoms with E-state index in [9.17, 15) is 4.79 Å². The summed E-state index contributed by atoms with van der Waals surface area (Å²) in [6, 6.07) is 0. The molecule has 3 aromatic rings. The monoisotopic (exact) mass is 306 g/mol. The maximum absolute atomic E-state index is 11.4. The summed E-state index contributed by atoms with van der Waals surface area (Å²) < 4.78 is 2.78. The summed E-state index contributed by atoms with van der Waals surface area (Å²) in [6.45, 7) is 0. The molecule has 0 spiro atoms. The number of hydrogen-bond donors (Lipinski definition) is 2. The van der Waals surface area contributed by atoms with Crippen LogP contribution in [-0.2, 0) is 7.05 Å². The van der Waals surface area contributed by atoms with Gasteiger partial charge in [-0.1, -0.05) is 0 Å². The zero-order valence-electron chi connectivity index (χ0n) is 11.0. The molecule has 0 saturated carbocycles. The van der Waals surface area contributed by atoms with E-state index < -0.39 is 0 Å². The molecule has 2 N–H and O–H groups in total. The van der Waals surface area contributed by atoms with Gasteiger partial charge in [0.25, 0.3) is 5.95 Å². The fraction of sp³-hybridized carbons (Fsp3) is 0.222. The molecule has 0 saturated heterocycles. The number of hydrogen-bond acceptors (Lipinski definition) is 9. The van der Waals surface area contributed by atoms with Gasteiger partial charge in [-0.05, 0) is 11.8 Å². The molecule has 3 aromatic heterocycles. The molecule has 0 bridgehead atoms. The normalized spacial score (nSPS) is 10.8. The van der Waals surface area contributed by atoms with Gasteiger partial charge in [0.1, 0.15) is 12.7 Å². The van der Waals surface area contributed by atoms with Crippen LogP contribution in [-0.4, -0.2) is 51.5 Å². The zero-order valence-corrected chi connectivity index (χ0v) is 11.9. The minimum absolute atomic E-state index is 0.308. The van der Waals surface area contributed by atoms with Crippen molar-refractivity contribution in [1.82, 2.24) is 44.5 Å². The van der Waals surface area contributed by atoms with E-state index in [2.05, 4.69) is 40.5 Å². The van der Waals surface area contributed by atoms with Gasteiger partial charge in [-0.15, -0.1) is 5.10 Å². The summed E-state index contributed by atoms with van der Waals surface area (Å²) in [7, 11) is 3.30. The second kappa shape index (κ2) is 5.32. The molecule has 0 aliphatic heterocycles. The first-order chi connectivity index (χ1) is 10.2. The predicted octanol–water partition coefficient (Wildman–Crippen LogP) is -0.933. The average molecular weight is 306 g/mol. The first-order valence-electron chi connectivity index (χ1n) is 5.75. The molecule has 0 aromatic carbocycles. The van der Waals surface area contributed by atoms with Crippen LogP contribution >= 0.6 is 11.8 Å². The smallest absolute Gasteiger partial charge is 0.343 e. The van der Waals surface area contributed by atoms with Gasteiger partial charge < -0.3 is 5.32 Å². The minimum atomic E-state index is -0.308. The molecule has 3 heterocycles. The fourth-order valence-corrected chi connectivity index (χ4v) is 2.16. The Morgan fingerprint density at radius 3 is 2.81 bits per heavy atom. The maximum atomic E-state index is 11.4. The van der Waals surface area contributed by atoms with Crippen LogP contribution in [0.2, 0.25) is 0 Å². The molecule has 0 fully saturated rings. The summed E-state index contributed by atoms with van der Waals surface area (Å²) in [4.78, 5) is 27.8. The molecular formula is C9H10N10OS. The third kappa shape index (κ3) is 2.60. The van der Waals surface area contributed by atoms with Crippen molar-refractivity contribution in [1.29, 1.82) is 0 Å². The first kappa shape index (κ1) is 13.2. The number of nitrogens with zero attached hydrogens (tertiary/aromatic N) is 8. The maximum Gasteiger partial charge on any atom is 0.343 e. The van der Waals surface area contributed by atoms with Crippen molar-refractivity contribution in [3.8, 4) is 5.95 Å². The highest BCUT2D eigenvalue weighted by atomic mass is 32.2. The second-order valence-electron chi connectivity index (χ2n) is 3.80. The molecule has 0 radical (unpaired) electrons. The molecule has 3 rings (SSSR count). The van der Waals surface area contributed by atoms with Crippen LogP contribution in [0.15, 0.2) is 27.8 Å². The van der Waals surface area contributed by atoms with Crippen LogP contribution in [0.3, 0.4) is 0 Å². The van der Waals surface area contributed by atoms with Crippen LogP contribution in [0.1, 0.15) is 0 Å². The highest BCUT2D eigenvalue weighted by Crippen LogP contribution is 2.22. The molecule has 0 unspecified atom stereocenters. The summed E-state index contributed by atoms with van der Waals surface area (Å²) >= 11 is 1.13. The topological polar surface area (TPSA) is 132 Å². The van der Waals surface area contributed by atoms with E-state index in [4.69, 9.17) is 0 Å². The van der Waals surface area contributed by atoms with Crippen molar-refractivity contribution >= 4 is 17.7 Å². The molecule has 21 heavy (non-hydrogen) atoms. The number of anilines is 1. The minimum Gasteiger partial charge on any atom is -0.357 e. The van der Waals surface area contributed by atoms with E-state index in [-0.39, 0.29) is 5.69 Å². The standard InChI is InChI=1S/C9H10N10OS/c1-10-5-13-6(19-4-11-3-12-19)15-7(14-5)21-9-17-16-8(20)18(9)2/h3-4H,1-2H3,(H,16,20)(H,10,13,14,15). The fourth-order valence-electron chi connectivity index (χ4n) is 1.42. The van der Waals surface area contributed by atoms with Crippen LogP contribution in [0.5, 0.6) is 0 Å². The van der Waals surface area contributed by atoms with E-state index in [0.717, 1.165) is 11.8 Å².